The van der Waals surface area contributed by atoms with E-state index in [0.29, 0.717) is 35.8 Å². The van der Waals surface area contributed by atoms with Crippen LogP contribution in [0.25, 0.3) is 0 Å². The molecule has 162 valence electrons. The van der Waals surface area contributed by atoms with Crippen molar-refractivity contribution >= 4 is 0 Å². The maximum absolute atomic E-state index is 11.9. The topological polar surface area (TPSA) is 79.2 Å². The largest absolute Gasteiger partial charge is 0.493 e. The van der Waals surface area contributed by atoms with Gasteiger partial charge in [-0.05, 0) is 59.9 Å². The van der Waals surface area contributed by atoms with Gasteiger partial charge in [0.05, 0.1) is 28.4 Å². The number of hydrogen-bond donors (Lipinski definition) is 0. The van der Waals surface area contributed by atoms with Gasteiger partial charge < -0.3 is 18.9 Å². The zero-order valence-electron chi connectivity index (χ0n) is 18.1. The van der Waals surface area contributed by atoms with Crippen molar-refractivity contribution in [1.82, 2.24) is 4.98 Å². The number of nitrogens with zero attached hydrogens (tertiary/aromatic N) is 2. The van der Waals surface area contributed by atoms with Gasteiger partial charge in [-0.2, -0.15) is 0 Å². The maximum atomic E-state index is 11.9. The van der Waals surface area contributed by atoms with Crippen LogP contribution >= 0.6 is 0 Å². The molecule has 1 atom stereocenters. The highest BCUT2D eigenvalue weighted by molar-refractivity contribution is 5.54. The van der Waals surface area contributed by atoms with Crippen LogP contribution in [0.2, 0.25) is 0 Å². The Labute approximate surface area is 181 Å². The van der Waals surface area contributed by atoms with Gasteiger partial charge in [0.1, 0.15) is 6.04 Å². The molecule has 0 aliphatic heterocycles. The molecular formula is C24H26N2O5. The zero-order chi connectivity index (χ0) is 22.2. The first kappa shape index (κ1) is 22.1. The average molecular weight is 422 g/mol. The standard InChI is InChI=1S/C24H26N2O5/c1-28-20-9-6-16(15-22(20)30-3)5-7-19-18(8-10-21(29-2)24(19)31-4)23(26-27)17-11-13-25-14-12-17/h6,8-15,23H,5,7H2,1-4H3. The number of hydrogen-bond acceptors (Lipinski definition) is 7. The van der Waals surface area contributed by atoms with E-state index in [1.807, 2.05) is 24.3 Å². The second-order valence-corrected chi connectivity index (χ2v) is 6.85. The SMILES string of the molecule is COc1ccc(CCc2c(C(N=O)c3ccncc3)ccc(OC)c2OC)cc1OC. The Morgan fingerprint density at radius 2 is 1.48 bits per heavy atom. The highest BCUT2D eigenvalue weighted by atomic mass is 16.5. The smallest absolute Gasteiger partial charge is 0.164 e. The minimum Gasteiger partial charge on any atom is -0.493 e. The number of aryl methyl sites for hydroxylation is 1. The van der Waals surface area contributed by atoms with Gasteiger partial charge in [0.2, 0.25) is 0 Å². The predicted octanol–water partition coefficient (Wildman–Crippen LogP) is 4.76. The van der Waals surface area contributed by atoms with Crippen molar-refractivity contribution in [1.29, 1.82) is 0 Å². The number of aromatic nitrogens is 1. The third-order valence-electron chi connectivity index (χ3n) is 5.22. The van der Waals surface area contributed by atoms with Crippen molar-refractivity contribution in [3.63, 3.8) is 0 Å². The average Bonchev–Trinajstić information content (AvgIpc) is 2.83. The number of nitroso groups, excluding NO2 is 1. The first-order valence-corrected chi connectivity index (χ1v) is 9.83. The van der Waals surface area contributed by atoms with E-state index in [1.165, 1.54) is 0 Å². The van der Waals surface area contributed by atoms with E-state index in [9.17, 15) is 4.91 Å². The number of ether oxygens (including phenoxy) is 4. The van der Waals surface area contributed by atoms with Crippen LogP contribution in [-0.4, -0.2) is 33.4 Å². The van der Waals surface area contributed by atoms with Gasteiger partial charge in [0.15, 0.2) is 23.0 Å². The van der Waals surface area contributed by atoms with E-state index < -0.39 is 6.04 Å². The molecule has 7 heteroatoms. The molecule has 0 radical (unpaired) electrons. The number of methoxy groups -OCH3 is 4. The fraction of sp³-hybridized carbons (Fsp3) is 0.292. The molecule has 0 aliphatic carbocycles. The summed E-state index contributed by atoms with van der Waals surface area (Å²) >= 11 is 0. The molecular weight excluding hydrogens is 396 g/mol. The van der Waals surface area contributed by atoms with E-state index in [-0.39, 0.29) is 0 Å². The molecule has 0 fully saturated rings. The van der Waals surface area contributed by atoms with E-state index >= 15 is 0 Å². The van der Waals surface area contributed by atoms with Gasteiger partial charge in [-0.25, -0.2) is 0 Å². The summed E-state index contributed by atoms with van der Waals surface area (Å²) in [5.41, 5.74) is 3.48. The van der Waals surface area contributed by atoms with E-state index in [2.05, 4.69) is 10.2 Å². The molecule has 0 saturated carbocycles. The summed E-state index contributed by atoms with van der Waals surface area (Å²) < 4.78 is 21.9. The van der Waals surface area contributed by atoms with Crippen LogP contribution in [0.1, 0.15) is 28.3 Å². The van der Waals surface area contributed by atoms with Gasteiger partial charge in [0, 0.05) is 18.0 Å². The second-order valence-electron chi connectivity index (χ2n) is 6.85. The monoisotopic (exact) mass is 422 g/mol. The summed E-state index contributed by atoms with van der Waals surface area (Å²) in [6.45, 7) is 0. The van der Waals surface area contributed by atoms with Crippen LogP contribution < -0.4 is 18.9 Å². The highest BCUT2D eigenvalue weighted by Gasteiger charge is 2.23. The molecule has 3 rings (SSSR count). The number of pyridine rings is 1. The summed E-state index contributed by atoms with van der Waals surface area (Å²) in [5.74, 6) is 2.55. The molecule has 0 saturated heterocycles. The number of rotatable bonds is 10. The summed E-state index contributed by atoms with van der Waals surface area (Å²) in [4.78, 5) is 15.9. The van der Waals surface area contributed by atoms with Gasteiger partial charge in [-0.15, -0.1) is 4.91 Å². The van der Waals surface area contributed by atoms with Gasteiger partial charge in [-0.3, -0.25) is 4.98 Å². The molecule has 1 heterocycles. The van der Waals surface area contributed by atoms with Crippen LogP contribution in [0.5, 0.6) is 23.0 Å². The quantitative estimate of drug-likeness (QED) is 0.439. The molecule has 3 aromatic rings. The van der Waals surface area contributed by atoms with Crippen molar-refractivity contribution in [2.45, 2.75) is 18.9 Å². The second kappa shape index (κ2) is 10.4. The van der Waals surface area contributed by atoms with Crippen molar-refractivity contribution in [3.8, 4) is 23.0 Å². The molecule has 0 N–H and O–H groups in total. The molecule has 0 aliphatic rings. The van der Waals surface area contributed by atoms with Crippen LogP contribution in [0.3, 0.4) is 0 Å². The molecule has 0 amide bonds. The number of benzene rings is 2. The molecule has 0 spiro atoms. The zero-order valence-corrected chi connectivity index (χ0v) is 18.1. The van der Waals surface area contributed by atoms with Crippen molar-refractivity contribution in [2.24, 2.45) is 5.18 Å². The molecule has 0 bridgehead atoms. The first-order chi connectivity index (χ1) is 15.2. The Morgan fingerprint density at radius 3 is 2.10 bits per heavy atom. The Morgan fingerprint density at radius 1 is 0.806 bits per heavy atom. The lowest BCUT2D eigenvalue weighted by atomic mass is 9.91. The Hall–Kier alpha value is -3.61. The summed E-state index contributed by atoms with van der Waals surface area (Å²) in [7, 11) is 6.40. The van der Waals surface area contributed by atoms with Crippen LogP contribution in [0, 0.1) is 4.91 Å². The van der Waals surface area contributed by atoms with Crippen molar-refractivity contribution in [2.75, 3.05) is 28.4 Å². The predicted molar refractivity (Wildman–Crippen MR) is 118 cm³/mol. The van der Waals surface area contributed by atoms with Gasteiger partial charge in [0.25, 0.3) is 0 Å². The third-order valence-corrected chi connectivity index (χ3v) is 5.22. The van der Waals surface area contributed by atoms with Gasteiger partial charge in [-0.1, -0.05) is 17.3 Å². The maximum Gasteiger partial charge on any atom is 0.164 e. The van der Waals surface area contributed by atoms with Crippen LogP contribution in [0.4, 0.5) is 0 Å². The molecule has 1 aromatic heterocycles. The van der Waals surface area contributed by atoms with E-state index in [4.69, 9.17) is 18.9 Å². The molecule has 31 heavy (non-hydrogen) atoms. The normalized spacial score (nSPS) is 11.5. The Bertz CT molecular complexity index is 1020. The lowest BCUT2D eigenvalue weighted by molar-refractivity contribution is 0.350. The summed E-state index contributed by atoms with van der Waals surface area (Å²) in [6.07, 6.45) is 4.61. The fourth-order valence-corrected chi connectivity index (χ4v) is 3.67. The van der Waals surface area contributed by atoms with Crippen molar-refractivity contribution in [3.05, 3.63) is 82.0 Å². The van der Waals surface area contributed by atoms with E-state index in [0.717, 1.165) is 22.3 Å². The highest BCUT2D eigenvalue weighted by Crippen LogP contribution is 2.40. The fourth-order valence-electron chi connectivity index (χ4n) is 3.67. The Balaban J connectivity index is 2.02. The molecule has 7 nitrogen and oxygen atoms in total. The summed E-state index contributed by atoms with van der Waals surface area (Å²) in [6, 6.07) is 12.4. The lowest BCUT2D eigenvalue weighted by Crippen LogP contribution is -2.07. The molecule has 2 aromatic carbocycles. The minimum atomic E-state index is -0.678. The van der Waals surface area contributed by atoms with Gasteiger partial charge >= 0.3 is 0 Å². The molecule has 1 unspecified atom stereocenters. The third kappa shape index (κ3) is 4.77. The summed E-state index contributed by atoms with van der Waals surface area (Å²) in [5, 5.41) is 3.41. The minimum absolute atomic E-state index is 0.600. The van der Waals surface area contributed by atoms with Crippen LogP contribution in [0.15, 0.2) is 60.0 Å². The van der Waals surface area contributed by atoms with Crippen LogP contribution in [-0.2, 0) is 12.8 Å². The van der Waals surface area contributed by atoms with Crippen molar-refractivity contribution < 1.29 is 18.9 Å². The lowest BCUT2D eigenvalue weighted by Gasteiger charge is -2.20. The van der Waals surface area contributed by atoms with E-state index in [1.54, 1.807) is 59.0 Å². The first-order valence-electron chi connectivity index (χ1n) is 9.83. The Kier molecular flexibility index (Phi) is 7.43.